The smallest absolute Gasteiger partial charge is 0.249 e. The van der Waals surface area contributed by atoms with Crippen LogP contribution in [-0.2, 0) is 9.59 Å². The first kappa shape index (κ1) is 19.2. The molecule has 2 amide bonds. The molecule has 1 aromatic heterocycles. The van der Waals surface area contributed by atoms with Gasteiger partial charge in [-0.25, -0.2) is 0 Å². The number of aromatic amines is 1. The molecule has 0 aliphatic carbocycles. The highest BCUT2D eigenvalue weighted by atomic mass is 16.5. The number of anilines is 1. The van der Waals surface area contributed by atoms with E-state index < -0.39 is 24.5 Å². The molecule has 1 atom stereocenters. The van der Waals surface area contributed by atoms with Gasteiger partial charge in [0.25, 0.3) is 0 Å². The lowest BCUT2D eigenvalue weighted by Crippen LogP contribution is -2.45. The number of nitrogens with one attached hydrogen (secondary N) is 3. The van der Waals surface area contributed by atoms with Gasteiger partial charge in [0.1, 0.15) is 11.8 Å². The Morgan fingerprint density at radius 3 is 2.64 bits per heavy atom. The number of aliphatic hydroxyl groups excluding tert-OH is 1. The van der Waals surface area contributed by atoms with Crippen molar-refractivity contribution in [2.75, 3.05) is 19.0 Å². The number of H-pyrrole nitrogens is 1. The van der Waals surface area contributed by atoms with Crippen LogP contribution in [0.3, 0.4) is 0 Å². The molecule has 1 heterocycles. The predicted molar refractivity (Wildman–Crippen MR) is 108 cm³/mol. The first-order chi connectivity index (χ1) is 13.6. The van der Waals surface area contributed by atoms with Crippen molar-refractivity contribution in [1.29, 1.82) is 0 Å². The number of carbonyl (C=O) groups excluding carboxylic acids is 2. The number of hydrogen-bond acceptors (Lipinski definition) is 4. The molecule has 7 nitrogen and oxygen atoms in total. The molecule has 0 aliphatic rings. The van der Waals surface area contributed by atoms with Gasteiger partial charge in [-0.2, -0.15) is 0 Å². The minimum absolute atomic E-state index is 0.478. The summed E-state index contributed by atoms with van der Waals surface area (Å²) in [4.78, 5) is 27.6. The van der Waals surface area contributed by atoms with E-state index in [0.29, 0.717) is 11.4 Å². The van der Waals surface area contributed by atoms with Crippen LogP contribution in [0.25, 0.3) is 17.0 Å². The maximum atomic E-state index is 12.3. The summed E-state index contributed by atoms with van der Waals surface area (Å²) >= 11 is 0. The van der Waals surface area contributed by atoms with E-state index in [4.69, 9.17) is 4.74 Å². The molecule has 0 saturated heterocycles. The van der Waals surface area contributed by atoms with Crippen LogP contribution in [0.4, 0.5) is 5.69 Å². The van der Waals surface area contributed by atoms with E-state index in [1.165, 1.54) is 6.08 Å². The van der Waals surface area contributed by atoms with Crippen LogP contribution in [0.15, 0.2) is 60.8 Å². The molecule has 3 aromatic rings. The molecular weight excluding hydrogens is 358 g/mol. The number of para-hydroxylation sites is 1. The van der Waals surface area contributed by atoms with E-state index in [-0.39, 0.29) is 0 Å². The fraction of sp³-hybridized carbons (Fsp3) is 0.143. The number of carbonyl (C=O) groups is 2. The summed E-state index contributed by atoms with van der Waals surface area (Å²) in [6, 6.07) is 13.4. The van der Waals surface area contributed by atoms with Gasteiger partial charge in [-0.15, -0.1) is 0 Å². The first-order valence-corrected chi connectivity index (χ1v) is 8.71. The number of aliphatic hydroxyl groups is 1. The summed E-state index contributed by atoms with van der Waals surface area (Å²) in [5.41, 5.74) is 2.36. The lowest BCUT2D eigenvalue weighted by atomic mass is 10.1. The zero-order valence-electron chi connectivity index (χ0n) is 15.3. The number of rotatable bonds is 7. The van der Waals surface area contributed by atoms with Crippen LogP contribution in [0.5, 0.6) is 5.75 Å². The van der Waals surface area contributed by atoms with Crippen LogP contribution in [0.2, 0.25) is 0 Å². The molecule has 0 aliphatic heterocycles. The number of fused-ring (bicyclic) bond motifs is 1. The van der Waals surface area contributed by atoms with Gasteiger partial charge < -0.3 is 25.5 Å². The topological polar surface area (TPSA) is 103 Å². The third kappa shape index (κ3) is 4.57. The SMILES string of the molecule is COc1ccc(NC(=O)C(CO)NC(=O)C=Cc2c[nH]c3ccccc23)cc1. The zero-order valence-corrected chi connectivity index (χ0v) is 15.3. The van der Waals surface area contributed by atoms with Gasteiger partial charge in [0.2, 0.25) is 11.8 Å². The van der Waals surface area contributed by atoms with Crippen molar-refractivity contribution in [3.8, 4) is 5.75 Å². The lowest BCUT2D eigenvalue weighted by Gasteiger charge is -2.15. The highest BCUT2D eigenvalue weighted by molar-refractivity contribution is 6.01. The van der Waals surface area contributed by atoms with Crippen LogP contribution in [0.1, 0.15) is 5.56 Å². The number of ether oxygens (including phenoxy) is 1. The molecule has 7 heteroatoms. The number of hydrogen-bond donors (Lipinski definition) is 4. The molecule has 0 radical (unpaired) electrons. The summed E-state index contributed by atoms with van der Waals surface area (Å²) in [5.74, 6) is -0.330. The molecule has 1 unspecified atom stereocenters. The van der Waals surface area contributed by atoms with Crippen LogP contribution in [0, 0.1) is 0 Å². The summed E-state index contributed by atoms with van der Waals surface area (Å²) in [6.07, 6.45) is 4.79. The Balaban J connectivity index is 1.61. The zero-order chi connectivity index (χ0) is 19.9. The van der Waals surface area contributed by atoms with E-state index in [9.17, 15) is 14.7 Å². The number of amides is 2. The van der Waals surface area contributed by atoms with Gasteiger partial charge >= 0.3 is 0 Å². The van der Waals surface area contributed by atoms with Crippen molar-refractivity contribution in [2.45, 2.75) is 6.04 Å². The van der Waals surface area contributed by atoms with Crippen molar-refractivity contribution in [2.24, 2.45) is 0 Å². The number of aromatic nitrogens is 1. The van der Waals surface area contributed by atoms with Gasteiger partial charge in [0, 0.05) is 28.9 Å². The Labute approximate surface area is 162 Å². The third-order valence-corrected chi connectivity index (χ3v) is 4.21. The highest BCUT2D eigenvalue weighted by Gasteiger charge is 2.19. The Bertz CT molecular complexity index is 992. The lowest BCUT2D eigenvalue weighted by molar-refractivity contribution is -0.124. The van der Waals surface area contributed by atoms with E-state index in [0.717, 1.165) is 16.5 Å². The molecule has 4 N–H and O–H groups in total. The molecule has 144 valence electrons. The van der Waals surface area contributed by atoms with Crippen LogP contribution in [-0.4, -0.2) is 41.7 Å². The van der Waals surface area contributed by atoms with Gasteiger partial charge in [-0.1, -0.05) is 18.2 Å². The fourth-order valence-corrected chi connectivity index (χ4v) is 2.71. The van der Waals surface area contributed by atoms with E-state index in [1.807, 2.05) is 24.3 Å². The summed E-state index contributed by atoms with van der Waals surface area (Å²) in [5, 5.41) is 15.6. The Hall–Kier alpha value is -3.58. The summed E-state index contributed by atoms with van der Waals surface area (Å²) in [7, 11) is 1.55. The maximum absolute atomic E-state index is 12.3. The molecule has 0 saturated carbocycles. The molecular formula is C21H21N3O4. The van der Waals surface area contributed by atoms with Crippen LogP contribution < -0.4 is 15.4 Å². The second kappa shape index (κ2) is 8.88. The van der Waals surface area contributed by atoms with Crippen molar-refractivity contribution in [3.63, 3.8) is 0 Å². The van der Waals surface area contributed by atoms with Crippen molar-refractivity contribution in [1.82, 2.24) is 10.3 Å². The van der Waals surface area contributed by atoms with Gasteiger partial charge in [0.15, 0.2) is 0 Å². The number of benzene rings is 2. The molecule has 0 fully saturated rings. The predicted octanol–water partition coefficient (Wildman–Crippen LogP) is 2.31. The fourth-order valence-electron chi connectivity index (χ4n) is 2.71. The number of methoxy groups -OCH3 is 1. The molecule has 28 heavy (non-hydrogen) atoms. The van der Waals surface area contributed by atoms with Crippen molar-refractivity contribution < 1.29 is 19.4 Å². The van der Waals surface area contributed by atoms with Crippen molar-refractivity contribution >= 4 is 34.5 Å². The first-order valence-electron chi connectivity index (χ1n) is 8.71. The average molecular weight is 379 g/mol. The largest absolute Gasteiger partial charge is 0.497 e. The average Bonchev–Trinajstić information content (AvgIpc) is 3.14. The molecule has 0 bridgehead atoms. The summed E-state index contributed by atoms with van der Waals surface area (Å²) in [6.45, 7) is -0.519. The second-order valence-corrected chi connectivity index (χ2v) is 6.08. The van der Waals surface area contributed by atoms with Gasteiger partial charge in [-0.05, 0) is 42.0 Å². The Kier molecular flexibility index (Phi) is 6.08. The van der Waals surface area contributed by atoms with Crippen molar-refractivity contribution in [3.05, 3.63) is 66.4 Å². The normalized spacial score (nSPS) is 12.1. The molecule has 0 spiro atoms. The minimum Gasteiger partial charge on any atom is -0.497 e. The van der Waals surface area contributed by atoms with Gasteiger partial charge in [-0.3, -0.25) is 9.59 Å². The van der Waals surface area contributed by atoms with Gasteiger partial charge in [0.05, 0.1) is 13.7 Å². The van der Waals surface area contributed by atoms with E-state index in [1.54, 1.807) is 43.6 Å². The maximum Gasteiger partial charge on any atom is 0.249 e. The standard InChI is InChI=1S/C21H21N3O4/c1-28-16-9-7-15(8-10-16)23-21(27)19(13-25)24-20(26)11-6-14-12-22-18-5-3-2-4-17(14)18/h2-12,19,22,25H,13H2,1H3,(H,23,27)(H,24,26). The third-order valence-electron chi connectivity index (χ3n) is 4.21. The second-order valence-electron chi connectivity index (χ2n) is 6.08. The van der Waals surface area contributed by atoms with E-state index in [2.05, 4.69) is 15.6 Å². The Morgan fingerprint density at radius 1 is 1.18 bits per heavy atom. The minimum atomic E-state index is -1.07. The Morgan fingerprint density at radius 2 is 1.93 bits per heavy atom. The molecule has 3 rings (SSSR count). The monoisotopic (exact) mass is 379 g/mol. The highest BCUT2D eigenvalue weighted by Crippen LogP contribution is 2.18. The van der Waals surface area contributed by atoms with E-state index >= 15 is 0 Å². The molecule has 2 aromatic carbocycles. The summed E-state index contributed by atoms with van der Waals surface area (Å²) < 4.78 is 5.06. The quantitative estimate of drug-likeness (QED) is 0.473. The van der Waals surface area contributed by atoms with Crippen LogP contribution >= 0.6 is 0 Å².